The van der Waals surface area contributed by atoms with E-state index in [4.69, 9.17) is 9.47 Å². The number of carbonyl (C=O) groups is 5. The largest absolute Gasteiger partial charge is 0.461 e. The Labute approximate surface area is 361 Å². The van der Waals surface area contributed by atoms with Gasteiger partial charge in [-0.3, -0.25) is 14.4 Å². The molecule has 0 unspecified atom stereocenters. The van der Waals surface area contributed by atoms with Gasteiger partial charge in [0.1, 0.15) is 25.3 Å². The van der Waals surface area contributed by atoms with Gasteiger partial charge >= 0.3 is 12.1 Å². The number of alkyl carbamates (subject to hydrolysis) is 1. The summed E-state index contributed by atoms with van der Waals surface area (Å²) in [6.45, 7) is 6.60. The molecule has 0 saturated heterocycles. The van der Waals surface area contributed by atoms with E-state index in [2.05, 4.69) is 34.4 Å². The number of carbonyl (C=O) groups excluding carboxylic acids is 5. The fraction of sp³-hybridized carbons (Fsp3) is 0.260. The average Bonchev–Trinajstić information content (AvgIpc) is 3.61. The number of aliphatic hydroxyl groups is 1. The summed E-state index contributed by atoms with van der Waals surface area (Å²) in [5.41, 5.74) is 5.58. The van der Waals surface area contributed by atoms with E-state index >= 15 is 0 Å². The van der Waals surface area contributed by atoms with Crippen molar-refractivity contribution >= 4 is 46.2 Å². The molecule has 0 spiro atoms. The third-order valence-electron chi connectivity index (χ3n) is 10.8. The zero-order chi connectivity index (χ0) is 43.8. The van der Waals surface area contributed by atoms with E-state index in [-0.39, 0.29) is 38.4 Å². The lowest BCUT2D eigenvalue weighted by Crippen LogP contribution is -2.51. The van der Waals surface area contributed by atoms with Crippen LogP contribution in [0.3, 0.4) is 0 Å². The van der Waals surface area contributed by atoms with Crippen molar-refractivity contribution in [2.75, 3.05) is 25.1 Å². The first kappa shape index (κ1) is 44.5. The van der Waals surface area contributed by atoms with Gasteiger partial charge in [0.15, 0.2) is 0 Å². The van der Waals surface area contributed by atoms with Crippen LogP contribution in [0.1, 0.15) is 48.3 Å². The highest BCUT2D eigenvalue weighted by Gasteiger charge is 2.32. The van der Waals surface area contributed by atoms with Gasteiger partial charge in [-0.1, -0.05) is 121 Å². The molecule has 0 radical (unpaired) electrons. The van der Waals surface area contributed by atoms with E-state index in [1.807, 2.05) is 109 Å². The molecule has 0 aromatic heterocycles. The monoisotopic (exact) mass is 836 g/mol. The molecule has 0 saturated carbocycles. The zero-order valence-electron chi connectivity index (χ0n) is 34.5. The first-order valence-electron chi connectivity index (χ1n) is 20.7. The van der Waals surface area contributed by atoms with Gasteiger partial charge in [0.25, 0.3) is 5.91 Å². The number of anilines is 1. The lowest BCUT2D eigenvalue weighted by atomic mass is 9.98. The maximum atomic E-state index is 13.9. The number of amides is 4. The van der Waals surface area contributed by atoms with Gasteiger partial charge in [-0.25, -0.2) is 9.59 Å². The summed E-state index contributed by atoms with van der Waals surface area (Å²) in [7, 11) is 0. The van der Waals surface area contributed by atoms with Crippen LogP contribution in [0.4, 0.5) is 10.5 Å². The van der Waals surface area contributed by atoms with Crippen molar-refractivity contribution in [1.29, 1.82) is 0 Å². The summed E-state index contributed by atoms with van der Waals surface area (Å²) in [5, 5.41) is 22.7. The predicted molar refractivity (Wildman–Crippen MR) is 239 cm³/mol. The normalized spacial score (nSPS) is 13.6. The average molecular weight is 837 g/mol. The van der Waals surface area contributed by atoms with Crippen LogP contribution in [0.2, 0.25) is 0 Å². The highest BCUT2D eigenvalue weighted by atomic mass is 16.6. The molecule has 0 bridgehead atoms. The van der Waals surface area contributed by atoms with Gasteiger partial charge in [-0.05, 0) is 76.4 Å². The van der Waals surface area contributed by atoms with Crippen molar-refractivity contribution in [2.45, 2.75) is 56.1 Å². The molecule has 1 aliphatic rings. The topological polar surface area (TPSA) is 172 Å². The molecule has 0 aliphatic heterocycles. The number of esters is 1. The third kappa shape index (κ3) is 11.8. The number of allylic oxidation sites excluding steroid dienone is 2. The van der Waals surface area contributed by atoms with Crippen LogP contribution >= 0.6 is 0 Å². The van der Waals surface area contributed by atoms with Crippen LogP contribution in [-0.4, -0.2) is 72.8 Å². The van der Waals surface area contributed by atoms with E-state index in [1.54, 1.807) is 18.2 Å². The first-order chi connectivity index (χ1) is 30.2. The van der Waals surface area contributed by atoms with E-state index in [9.17, 15) is 29.1 Å². The zero-order valence-corrected chi connectivity index (χ0v) is 34.5. The molecule has 6 rings (SSSR count). The van der Waals surface area contributed by atoms with Crippen molar-refractivity contribution in [3.8, 4) is 11.1 Å². The number of ether oxygens (including phenoxy) is 2. The Morgan fingerprint density at radius 1 is 0.694 bits per heavy atom. The van der Waals surface area contributed by atoms with Crippen molar-refractivity contribution in [1.82, 2.24) is 16.0 Å². The maximum Gasteiger partial charge on any atom is 0.407 e. The number of nitrogens with one attached hydrogen (secondary N) is 4. The summed E-state index contributed by atoms with van der Waals surface area (Å²) < 4.78 is 11.4. The predicted octanol–water partition coefficient (Wildman–Crippen LogP) is 6.98. The Morgan fingerprint density at radius 3 is 2.03 bits per heavy atom. The SMILES string of the molecule is C=CCC[C@H](NC(=O)OCC1c2ccccc2-c2ccccc21)C(=O)OC[C@H](NC(=O)[C@@H](CC=C)CC(=O)N[C@@H](CO)Cc1ccccc1)C(=O)Nc1ccc2ccccc2c1. The molecule has 320 valence electrons. The lowest BCUT2D eigenvalue weighted by Gasteiger charge is -2.24. The summed E-state index contributed by atoms with van der Waals surface area (Å²) in [6.07, 6.45) is 2.95. The molecule has 0 fully saturated rings. The van der Waals surface area contributed by atoms with Crippen LogP contribution < -0.4 is 21.3 Å². The fourth-order valence-corrected chi connectivity index (χ4v) is 7.61. The highest BCUT2D eigenvalue weighted by Crippen LogP contribution is 2.44. The molecule has 62 heavy (non-hydrogen) atoms. The number of hydrogen-bond donors (Lipinski definition) is 5. The quantitative estimate of drug-likeness (QED) is 0.0389. The standard InChI is InChI=1S/C50H52N4O8/c1-3-5-24-44(54-50(60)62-31-43-41-22-13-11-20-39(41)40-21-12-14-23-42(40)43)49(59)61-32-45(48(58)52-37-26-25-34-18-9-10-19-35(34)28-37)53-47(57)36(15-4-2)29-46(56)51-38(30-55)27-33-16-7-6-8-17-33/h3-4,6-14,16-23,25-26,28,36,38,43-45,55H,1-2,5,15,24,27,29-32H2,(H,51,56)(H,52,58)(H,53,57)(H,54,60)/t36-,38+,44-,45-/m0/s1. The van der Waals surface area contributed by atoms with Gasteiger partial charge in [0.2, 0.25) is 11.8 Å². The minimum Gasteiger partial charge on any atom is -0.461 e. The Kier molecular flexibility index (Phi) is 15.8. The Morgan fingerprint density at radius 2 is 1.35 bits per heavy atom. The van der Waals surface area contributed by atoms with Crippen molar-refractivity contribution in [3.05, 3.63) is 163 Å². The minimum atomic E-state index is -1.41. The van der Waals surface area contributed by atoms with E-state index in [0.29, 0.717) is 18.5 Å². The van der Waals surface area contributed by atoms with E-state index in [0.717, 1.165) is 38.6 Å². The van der Waals surface area contributed by atoms with Crippen molar-refractivity contribution in [3.63, 3.8) is 0 Å². The van der Waals surface area contributed by atoms with Crippen LogP contribution in [0.5, 0.6) is 0 Å². The van der Waals surface area contributed by atoms with Gasteiger partial charge in [-0.15, -0.1) is 13.2 Å². The number of hydrogen-bond acceptors (Lipinski definition) is 8. The van der Waals surface area contributed by atoms with Crippen molar-refractivity contribution in [2.24, 2.45) is 5.92 Å². The van der Waals surface area contributed by atoms with Gasteiger partial charge in [0.05, 0.1) is 18.6 Å². The summed E-state index contributed by atoms with van der Waals surface area (Å²) in [6, 6.07) is 35.0. The second kappa shape index (κ2) is 22.0. The second-order valence-corrected chi connectivity index (χ2v) is 15.2. The molecule has 12 nitrogen and oxygen atoms in total. The molecule has 4 atom stereocenters. The maximum absolute atomic E-state index is 13.9. The number of rotatable bonds is 21. The molecule has 12 heteroatoms. The first-order valence-corrected chi connectivity index (χ1v) is 20.7. The third-order valence-corrected chi connectivity index (χ3v) is 10.8. The van der Waals surface area contributed by atoms with Crippen LogP contribution in [0, 0.1) is 5.92 Å². The van der Waals surface area contributed by atoms with E-state index < -0.39 is 60.4 Å². The summed E-state index contributed by atoms with van der Waals surface area (Å²) in [5.74, 6) is -3.81. The molecule has 5 aromatic rings. The summed E-state index contributed by atoms with van der Waals surface area (Å²) >= 11 is 0. The number of fused-ring (bicyclic) bond motifs is 4. The highest BCUT2D eigenvalue weighted by molar-refractivity contribution is 6.00. The molecule has 0 heterocycles. The molecule has 5 N–H and O–H groups in total. The van der Waals surface area contributed by atoms with Gasteiger partial charge in [-0.2, -0.15) is 0 Å². The minimum absolute atomic E-state index is 0.0315. The lowest BCUT2D eigenvalue weighted by molar-refractivity contribution is -0.148. The Balaban J connectivity index is 1.13. The van der Waals surface area contributed by atoms with Gasteiger partial charge in [0, 0.05) is 18.0 Å². The van der Waals surface area contributed by atoms with Crippen LogP contribution in [0.25, 0.3) is 21.9 Å². The van der Waals surface area contributed by atoms with Crippen molar-refractivity contribution < 1.29 is 38.6 Å². The number of benzene rings is 5. The second-order valence-electron chi connectivity index (χ2n) is 15.2. The van der Waals surface area contributed by atoms with Gasteiger partial charge < -0.3 is 35.8 Å². The molecular weight excluding hydrogens is 785 g/mol. The molecule has 1 aliphatic carbocycles. The smallest absolute Gasteiger partial charge is 0.407 e. The summed E-state index contributed by atoms with van der Waals surface area (Å²) in [4.78, 5) is 67.9. The van der Waals surface area contributed by atoms with Crippen LogP contribution in [-0.2, 0) is 35.1 Å². The Bertz CT molecular complexity index is 2340. The molecular formula is C50H52N4O8. The van der Waals surface area contributed by atoms with E-state index in [1.165, 1.54) is 6.08 Å². The Hall–Kier alpha value is -7.05. The molecule has 4 amide bonds. The van der Waals surface area contributed by atoms with Crippen LogP contribution in [0.15, 0.2) is 147 Å². The molecule has 5 aromatic carbocycles. The number of aliphatic hydroxyl groups excluding tert-OH is 1. The fourth-order valence-electron chi connectivity index (χ4n) is 7.61.